The maximum absolute atomic E-state index is 11.7. The molecule has 1 heterocycles. The highest BCUT2D eigenvalue weighted by Gasteiger charge is 2.06. The predicted octanol–water partition coefficient (Wildman–Crippen LogP) is 0.452. The Hall–Kier alpha value is -2.22. The number of nitrogens with zero attached hydrogens (tertiary/aromatic N) is 3. The van der Waals surface area contributed by atoms with Crippen molar-refractivity contribution >= 4 is 17.7 Å². The molecule has 2 aromatic rings. The second-order valence-electron chi connectivity index (χ2n) is 4.26. The number of carbonyl (C=O) groups is 1. The Kier molecular flexibility index (Phi) is 5.44. The standard InChI is InChI=1S/C13H17N5O2S/c1-20-11-4-2-10(3-5-11)6-7-15-12(19)8-21-13-17-16-9-18(13)14/h2-5,9H,6-8,14H2,1H3,(H,15,19). The monoisotopic (exact) mass is 307 g/mol. The Morgan fingerprint density at radius 3 is 2.81 bits per heavy atom. The minimum atomic E-state index is -0.0588. The Morgan fingerprint density at radius 1 is 1.43 bits per heavy atom. The second kappa shape index (κ2) is 7.53. The molecule has 0 radical (unpaired) electrons. The summed E-state index contributed by atoms with van der Waals surface area (Å²) in [4.78, 5) is 11.7. The molecule has 0 aliphatic carbocycles. The molecule has 0 aliphatic heterocycles. The number of hydrogen-bond acceptors (Lipinski definition) is 6. The summed E-state index contributed by atoms with van der Waals surface area (Å²) in [7, 11) is 1.63. The SMILES string of the molecule is COc1ccc(CCNC(=O)CSc2nncn2N)cc1. The first kappa shape index (κ1) is 15.2. The molecule has 0 spiro atoms. The van der Waals surface area contributed by atoms with Crippen LogP contribution in [0, 0.1) is 0 Å². The van der Waals surface area contributed by atoms with Crippen LogP contribution in [0.3, 0.4) is 0 Å². The number of thioether (sulfide) groups is 1. The van der Waals surface area contributed by atoms with Crippen molar-refractivity contribution < 1.29 is 9.53 Å². The van der Waals surface area contributed by atoms with Gasteiger partial charge < -0.3 is 15.9 Å². The number of hydrogen-bond donors (Lipinski definition) is 2. The number of aromatic nitrogens is 3. The molecule has 0 saturated carbocycles. The van der Waals surface area contributed by atoms with E-state index in [2.05, 4.69) is 15.5 Å². The fourth-order valence-corrected chi connectivity index (χ4v) is 2.32. The smallest absolute Gasteiger partial charge is 0.230 e. The van der Waals surface area contributed by atoms with E-state index in [4.69, 9.17) is 10.6 Å². The molecular formula is C13H17N5O2S. The number of carbonyl (C=O) groups excluding carboxylic acids is 1. The van der Waals surface area contributed by atoms with Crippen molar-refractivity contribution in [3.63, 3.8) is 0 Å². The first-order chi connectivity index (χ1) is 10.2. The third-order valence-electron chi connectivity index (χ3n) is 2.77. The highest BCUT2D eigenvalue weighted by atomic mass is 32.2. The molecular weight excluding hydrogens is 290 g/mol. The van der Waals surface area contributed by atoms with Crippen LogP contribution < -0.4 is 15.9 Å². The summed E-state index contributed by atoms with van der Waals surface area (Å²) in [6.07, 6.45) is 2.16. The molecule has 0 fully saturated rings. The van der Waals surface area contributed by atoms with Crippen molar-refractivity contribution in [3.8, 4) is 5.75 Å². The normalized spacial score (nSPS) is 10.3. The van der Waals surface area contributed by atoms with Gasteiger partial charge in [0.05, 0.1) is 12.9 Å². The van der Waals surface area contributed by atoms with E-state index in [9.17, 15) is 4.79 Å². The minimum absolute atomic E-state index is 0.0588. The summed E-state index contributed by atoms with van der Waals surface area (Å²) in [5.41, 5.74) is 1.14. The van der Waals surface area contributed by atoms with Crippen LogP contribution in [0.4, 0.5) is 0 Å². The molecule has 1 aromatic heterocycles. The summed E-state index contributed by atoms with van der Waals surface area (Å²) in [6, 6.07) is 7.77. The van der Waals surface area contributed by atoms with Crippen LogP contribution in [-0.2, 0) is 11.2 Å². The summed E-state index contributed by atoms with van der Waals surface area (Å²) in [6.45, 7) is 0.584. The number of amides is 1. The van der Waals surface area contributed by atoms with E-state index in [0.29, 0.717) is 11.7 Å². The third-order valence-corrected chi connectivity index (χ3v) is 3.72. The number of nitrogens with one attached hydrogen (secondary N) is 1. The Bertz CT molecular complexity index is 585. The number of methoxy groups -OCH3 is 1. The quantitative estimate of drug-likeness (QED) is 0.570. The topological polar surface area (TPSA) is 95.1 Å². The lowest BCUT2D eigenvalue weighted by Gasteiger charge is -2.06. The lowest BCUT2D eigenvalue weighted by Crippen LogP contribution is -2.27. The lowest BCUT2D eigenvalue weighted by molar-refractivity contribution is -0.118. The number of nitrogen functional groups attached to an aromatic ring is 1. The fraction of sp³-hybridized carbons (Fsp3) is 0.308. The van der Waals surface area contributed by atoms with Gasteiger partial charge in [-0.3, -0.25) is 4.79 Å². The van der Waals surface area contributed by atoms with E-state index in [1.807, 2.05) is 24.3 Å². The van der Waals surface area contributed by atoms with Crippen LogP contribution in [0.25, 0.3) is 0 Å². The van der Waals surface area contributed by atoms with E-state index in [-0.39, 0.29) is 11.7 Å². The van der Waals surface area contributed by atoms with Gasteiger partial charge in [0.25, 0.3) is 0 Å². The van der Waals surface area contributed by atoms with Crippen LogP contribution >= 0.6 is 11.8 Å². The number of benzene rings is 1. The second-order valence-corrected chi connectivity index (χ2v) is 5.20. The van der Waals surface area contributed by atoms with Crippen molar-refractivity contribution in [1.82, 2.24) is 20.2 Å². The summed E-state index contributed by atoms with van der Waals surface area (Å²) >= 11 is 1.25. The molecule has 0 unspecified atom stereocenters. The molecule has 2 rings (SSSR count). The number of ether oxygens (including phenoxy) is 1. The number of nitrogens with two attached hydrogens (primary N) is 1. The first-order valence-electron chi connectivity index (χ1n) is 6.36. The zero-order valence-corrected chi connectivity index (χ0v) is 12.5. The van der Waals surface area contributed by atoms with Crippen molar-refractivity contribution in [2.24, 2.45) is 0 Å². The van der Waals surface area contributed by atoms with Crippen molar-refractivity contribution in [3.05, 3.63) is 36.2 Å². The fourth-order valence-electron chi connectivity index (χ4n) is 1.65. The number of rotatable bonds is 7. The van der Waals surface area contributed by atoms with Gasteiger partial charge in [-0.05, 0) is 24.1 Å². The highest BCUT2D eigenvalue weighted by molar-refractivity contribution is 7.99. The molecule has 112 valence electrons. The Labute approximate surface area is 126 Å². The van der Waals surface area contributed by atoms with Crippen molar-refractivity contribution in [2.45, 2.75) is 11.6 Å². The first-order valence-corrected chi connectivity index (χ1v) is 7.35. The molecule has 3 N–H and O–H groups in total. The summed E-state index contributed by atoms with van der Waals surface area (Å²) in [5.74, 6) is 6.58. The highest BCUT2D eigenvalue weighted by Crippen LogP contribution is 2.12. The van der Waals surface area contributed by atoms with Gasteiger partial charge in [0.2, 0.25) is 11.1 Å². The molecule has 7 nitrogen and oxygen atoms in total. The Morgan fingerprint density at radius 2 is 2.19 bits per heavy atom. The van der Waals surface area contributed by atoms with Crippen LogP contribution in [0.15, 0.2) is 35.7 Å². The molecule has 0 saturated heterocycles. The zero-order chi connectivity index (χ0) is 15.1. The molecule has 21 heavy (non-hydrogen) atoms. The lowest BCUT2D eigenvalue weighted by atomic mass is 10.1. The van der Waals surface area contributed by atoms with Crippen molar-refractivity contribution in [1.29, 1.82) is 0 Å². The largest absolute Gasteiger partial charge is 0.497 e. The molecule has 0 bridgehead atoms. The predicted molar refractivity (Wildman–Crippen MR) is 80.6 cm³/mol. The van der Waals surface area contributed by atoms with Gasteiger partial charge in [-0.15, -0.1) is 10.2 Å². The average Bonchev–Trinajstić information content (AvgIpc) is 2.91. The summed E-state index contributed by atoms with van der Waals surface area (Å²) < 4.78 is 6.38. The van der Waals surface area contributed by atoms with E-state index in [1.54, 1.807) is 7.11 Å². The average molecular weight is 307 g/mol. The van der Waals surface area contributed by atoms with Crippen LogP contribution in [-0.4, -0.2) is 40.2 Å². The molecule has 1 amide bonds. The van der Waals surface area contributed by atoms with Gasteiger partial charge in [-0.25, -0.2) is 4.68 Å². The molecule has 0 aliphatic rings. The van der Waals surface area contributed by atoms with Crippen LogP contribution in [0.2, 0.25) is 0 Å². The van der Waals surface area contributed by atoms with Crippen LogP contribution in [0.1, 0.15) is 5.56 Å². The Balaban J connectivity index is 1.68. The van der Waals surface area contributed by atoms with Crippen molar-refractivity contribution in [2.75, 3.05) is 25.3 Å². The third kappa shape index (κ3) is 4.67. The minimum Gasteiger partial charge on any atom is -0.497 e. The summed E-state index contributed by atoms with van der Waals surface area (Å²) in [5, 5.41) is 10.8. The van der Waals surface area contributed by atoms with Gasteiger partial charge in [0.15, 0.2) is 0 Å². The molecule has 0 atom stereocenters. The zero-order valence-electron chi connectivity index (χ0n) is 11.7. The van der Waals surface area contributed by atoms with Gasteiger partial charge in [-0.1, -0.05) is 23.9 Å². The van der Waals surface area contributed by atoms with E-state index >= 15 is 0 Å². The van der Waals surface area contributed by atoms with E-state index in [1.165, 1.54) is 22.8 Å². The molecule has 1 aromatic carbocycles. The van der Waals surface area contributed by atoms with E-state index < -0.39 is 0 Å². The maximum Gasteiger partial charge on any atom is 0.230 e. The van der Waals surface area contributed by atoms with Gasteiger partial charge in [0, 0.05) is 6.54 Å². The van der Waals surface area contributed by atoms with E-state index in [0.717, 1.165) is 17.7 Å². The van der Waals surface area contributed by atoms with Crippen LogP contribution in [0.5, 0.6) is 5.75 Å². The molecule has 8 heteroatoms. The maximum atomic E-state index is 11.7. The van der Waals surface area contributed by atoms with Gasteiger partial charge in [0.1, 0.15) is 12.1 Å². The van der Waals surface area contributed by atoms with Gasteiger partial charge in [-0.2, -0.15) is 0 Å². The van der Waals surface area contributed by atoms with Gasteiger partial charge >= 0.3 is 0 Å².